The summed E-state index contributed by atoms with van der Waals surface area (Å²) < 4.78 is 5.42. The van der Waals surface area contributed by atoms with Crippen LogP contribution in [0.4, 0.5) is 0 Å². The highest BCUT2D eigenvalue weighted by Gasteiger charge is 2.17. The summed E-state index contributed by atoms with van der Waals surface area (Å²) >= 11 is 0. The Kier molecular flexibility index (Phi) is 6.41. The second-order valence-corrected chi connectivity index (χ2v) is 5.77. The number of rotatable bonds is 4. The van der Waals surface area contributed by atoms with Crippen LogP contribution in [0.1, 0.15) is 51.5 Å². The van der Waals surface area contributed by atoms with E-state index < -0.39 is 0 Å². The molecule has 0 atom stereocenters. The topological polar surface area (TPSA) is 9.23 Å². The van der Waals surface area contributed by atoms with Gasteiger partial charge in [-0.05, 0) is 74.8 Å². The molecule has 0 spiro atoms. The van der Waals surface area contributed by atoms with Gasteiger partial charge in [0.15, 0.2) is 0 Å². The Morgan fingerprint density at radius 2 is 1.81 bits per heavy atom. The van der Waals surface area contributed by atoms with Crippen LogP contribution in [0.5, 0.6) is 5.75 Å². The van der Waals surface area contributed by atoms with Crippen molar-refractivity contribution < 1.29 is 4.74 Å². The lowest BCUT2D eigenvalue weighted by molar-refractivity contribution is 0.304. The van der Waals surface area contributed by atoms with Crippen LogP contribution >= 0.6 is 0 Å². The largest absolute Gasteiger partial charge is 0.494 e. The predicted molar refractivity (Wildman–Crippen MR) is 89.4 cm³/mol. The molecule has 1 heteroatoms. The van der Waals surface area contributed by atoms with Gasteiger partial charge in [0, 0.05) is 5.56 Å². The quantitative estimate of drug-likeness (QED) is 0.689. The van der Waals surface area contributed by atoms with Gasteiger partial charge in [0.05, 0.1) is 6.61 Å². The highest BCUT2D eigenvalue weighted by molar-refractivity contribution is 5.40. The van der Waals surface area contributed by atoms with E-state index in [1.807, 2.05) is 37.3 Å². The van der Waals surface area contributed by atoms with Gasteiger partial charge in [0.25, 0.3) is 0 Å². The molecular formula is C20H26O. The Balaban J connectivity index is 1.81. The third kappa shape index (κ3) is 5.31. The molecule has 0 heterocycles. The van der Waals surface area contributed by atoms with Crippen LogP contribution in [0.3, 0.4) is 0 Å². The van der Waals surface area contributed by atoms with Crippen molar-refractivity contribution in [3.63, 3.8) is 0 Å². The predicted octanol–water partition coefficient (Wildman–Crippen LogP) is 5.21. The molecule has 1 aliphatic rings. The number of hydrogen-bond donors (Lipinski definition) is 0. The Bertz CT molecular complexity index is 493. The molecule has 0 saturated heterocycles. The summed E-state index contributed by atoms with van der Waals surface area (Å²) in [5, 5.41) is 0. The molecule has 1 nitrogen and oxygen atoms in total. The molecular weight excluding hydrogens is 256 g/mol. The highest BCUT2D eigenvalue weighted by Crippen LogP contribution is 2.31. The number of benzene rings is 1. The molecule has 1 aromatic carbocycles. The molecule has 1 fully saturated rings. The molecule has 112 valence electrons. The Labute approximate surface area is 129 Å². The standard InChI is InChI=1S/C20H26O/c1-3-17-9-11-18(12-10-17)7-5-6-8-19-13-15-20(16-14-19)21-4-2/h5,7,13-18H,3-4,9-12H2,1-2H3/t17-,18-. The van der Waals surface area contributed by atoms with Crippen molar-refractivity contribution in [3.8, 4) is 17.6 Å². The zero-order valence-corrected chi connectivity index (χ0v) is 13.3. The highest BCUT2D eigenvalue weighted by atomic mass is 16.5. The first-order chi connectivity index (χ1) is 10.3. The third-order valence-corrected chi connectivity index (χ3v) is 4.30. The van der Waals surface area contributed by atoms with Crippen molar-refractivity contribution in [1.29, 1.82) is 0 Å². The van der Waals surface area contributed by atoms with Gasteiger partial charge < -0.3 is 4.74 Å². The zero-order valence-electron chi connectivity index (χ0n) is 13.3. The van der Waals surface area contributed by atoms with Crippen LogP contribution in [0.15, 0.2) is 36.4 Å². The maximum Gasteiger partial charge on any atom is 0.119 e. The van der Waals surface area contributed by atoms with Crippen molar-refractivity contribution in [3.05, 3.63) is 42.0 Å². The minimum Gasteiger partial charge on any atom is -0.494 e. The fourth-order valence-corrected chi connectivity index (χ4v) is 2.90. The Hall–Kier alpha value is -1.68. The van der Waals surface area contributed by atoms with Gasteiger partial charge in [-0.15, -0.1) is 0 Å². The molecule has 0 N–H and O–H groups in total. The van der Waals surface area contributed by atoms with E-state index in [1.165, 1.54) is 32.1 Å². The van der Waals surface area contributed by atoms with Gasteiger partial charge in [-0.2, -0.15) is 0 Å². The summed E-state index contributed by atoms with van der Waals surface area (Å²) in [6.07, 6.45) is 11.1. The molecule has 0 unspecified atom stereocenters. The zero-order chi connectivity index (χ0) is 14.9. The summed E-state index contributed by atoms with van der Waals surface area (Å²) in [6.45, 7) is 5.00. The normalized spacial score (nSPS) is 21.8. The maximum absolute atomic E-state index is 5.42. The summed E-state index contributed by atoms with van der Waals surface area (Å²) in [7, 11) is 0. The minimum absolute atomic E-state index is 0.702. The summed E-state index contributed by atoms with van der Waals surface area (Å²) in [6, 6.07) is 7.98. The fourth-order valence-electron chi connectivity index (χ4n) is 2.90. The van der Waals surface area contributed by atoms with Gasteiger partial charge in [0.1, 0.15) is 5.75 Å². The van der Waals surface area contributed by atoms with Crippen LogP contribution in [-0.4, -0.2) is 6.61 Å². The average molecular weight is 282 g/mol. The van der Waals surface area contributed by atoms with Crippen molar-refractivity contribution in [2.45, 2.75) is 46.0 Å². The lowest BCUT2D eigenvalue weighted by atomic mass is 9.81. The van der Waals surface area contributed by atoms with Gasteiger partial charge in [0.2, 0.25) is 0 Å². The molecule has 21 heavy (non-hydrogen) atoms. The van der Waals surface area contributed by atoms with E-state index >= 15 is 0 Å². The first-order valence-electron chi connectivity index (χ1n) is 8.22. The molecule has 0 bridgehead atoms. The van der Waals surface area contributed by atoms with Crippen molar-refractivity contribution in [2.75, 3.05) is 6.61 Å². The molecule has 0 radical (unpaired) electrons. The smallest absolute Gasteiger partial charge is 0.119 e. The van der Waals surface area contributed by atoms with Crippen LogP contribution in [0, 0.1) is 23.7 Å². The van der Waals surface area contributed by atoms with Crippen molar-refractivity contribution in [2.24, 2.45) is 11.8 Å². The van der Waals surface area contributed by atoms with E-state index in [4.69, 9.17) is 4.74 Å². The van der Waals surface area contributed by atoms with E-state index in [0.29, 0.717) is 6.61 Å². The molecule has 1 saturated carbocycles. The molecule has 0 aromatic heterocycles. The van der Waals surface area contributed by atoms with E-state index in [0.717, 1.165) is 23.1 Å². The summed E-state index contributed by atoms with van der Waals surface area (Å²) in [5.41, 5.74) is 1.04. The molecule has 0 aliphatic heterocycles. The van der Waals surface area contributed by atoms with Crippen LogP contribution in [-0.2, 0) is 0 Å². The minimum atomic E-state index is 0.702. The first kappa shape index (κ1) is 15.7. The molecule has 0 amide bonds. The maximum atomic E-state index is 5.42. The monoisotopic (exact) mass is 282 g/mol. The van der Waals surface area contributed by atoms with Gasteiger partial charge in [-0.1, -0.05) is 31.3 Å². The number of ether oxygens (including phenoxy) is 1. The third-order valence-electron chi connectivity index (χ3n) is 4.30. The SMILES string of the molecule is CCOc1ccc(C#CC=C[C@H]2CC[C@H](CC)CC2)cc1. The van der Waals surface area contributed by atoms with Crippen LogP contribution < -0.4 is 4.74 Å². The number of hydrogen-bond acceptors (Lipinski definition) is 1. The average Bonchev–Trinajstić information content (AvgIpc) is 2.54. The summed E-state index contributed by atoms with van der Waals surface area (Å²) in [4.78, 5) is 0. The fraction of sp³-hybridized carbons (Fsp3) is 0.500. The Morgan fingerprint density at radius 3 is 2.43 bits per heavy atom. The second-order valence-electron chi connectivity index (χ2n) is 5.77. The number of allylic oxidation sites excluding steroid dienone is 2. The van der Waals surface area contributed by atoms with E-state index in [1.54, 1.807) is 0 Å². The van der Waals surface area contributed by atoms with Gasteiger partial charge in [-0.3, -0.25) is 0 Å². The van der Waals surface area contributed by atoms with Crippen molar-refractivity contribution >= 4 is 0 Å². The van der Waals surface area contributed by atoms with Gasteiger partial charge >= 0.3 is 0 Å². The van der Waals surface area contributed by atoms with E-state index in [9.17, 15) is 0 Å². The molecule has 2 rings (SSSR count). The summed E-state index contributed by atoms with van der Waals surface area (Å²) in [5.74, 6) is 8.94. The van der Waals surface area contributed by atoms with Crippen LogP contribution in [0.2, 0.25) is 0 Å². The van der Waals surface area contributed by atoms with Crippen LogP contribution in [0.25, 0.3) is 0 Å². The second kappa shape index (κ2) is 8.57. The lowest BCUT2D eigenvalue weighted by Gasteiger charge is -2.25. The van der Waals surface area contributed by atoms with E-state index in [-0.39, 0.29) is 0 Å². The van der Waals surface area contributed by atoms with Crippen molar-refractivity contribution in [1.82, 2.24) is 0 Å². The Morgan fingerprint density at radius 1 is 1.10 bits per heavy atom. The lowest BCUT2D eigenvalue weighted by Crippen LogP contribution is -2.11. The molecule has 1 aliphatic carbocycles. The first-order valence-corrected chi connectivity index (χ1v) is 8.22. The molecule has 1 aromatic rings. The van der Waals surface area contributed by atoms with E-state index in [2.05, 4.69) is 24.8 Å². The van der Waals surface area contributed by atoms with Gasteiger partial charge in [-0.25, -0.2) is 0 Å².